The van der Waals surface area contributed by atoms with Gasteiger partial charge in [-0.25, -0.2) is 0 Å². The van der Waals surface area contributed by atoms with Crippen LogP contribution in [0.1, 0.15) is 0 Å². The van der Waals surface area contributed by atoms with Crippen molar-refractivity contribution in [3.05, 3.63) is 0 Å². The van der Waals surface area contributed by atoms with Gasteiger partial charge in [0.05, 0.1) is 26.4 Å². The van der Waals surface area contributed by atoms with Crippen LogP contribution in [0.3, 0.4) is 0 Å². The van der Waals surface area contributed by atoms with E-state index in [2.05, 4.69) is 0 Å². The fourth-order valence-electron chi connectivity index (χ4n) is 1.53. The van der Waals surface area contributed by atoms with Crippen LogP contribution in [0.5, 0.6) is 0 Å². The normalized spacial score (nSPS) is 45.7. The fraction of sp³-hybridized carbons (Fsp3) is 1.00. The Labute approximate surface area is 76.2 Å². The Hall–Kier alpha value is -0.200. The van der Waals surface area contributed by atoms with E-state index in [-0.39, 0.29) is 12.2 Å². The maximum Gasteiger partial charge on any atom is 0.110 e. The summed E-state index contributed by atoms with van der Waals surface area (Å²) in [6, 6.07) is 0. The molecule has 5 nitrogen and oxygen atoms in total. The third-order valence-corrected chi connectivity index (χ3v) is 2.35. The van der Waals surface area contributed by atoms with Gasteiger partial charge in [-0.3, -0.25) is 0 Å². The molecule has 2 rings (SSSR count). The van der Waals surface area contributed by atoms with Crippen LogP contribution in [0.25, 0.3) is 0 Å². The van der Waals surface area contributed by atoms with Gasteiger partial charge in [0.25, 0.3) is 0 Å². The van der Waals surface area contributed by atoms with E-state index < -0.39 is 12.2 Å². The number of hydrogen-bond donors (Lipinski definition) is 2. The van der Waals surface area contributed by atoms with Gasteiger partial charge in [0.15, 0.2) is 0 Å². The van der Waals surface area contributed by atoms with Gasteiger partial charge in [-0.05, 0) is 0 Å². The van der Waals surface area contributed by atoms with Gasteiger partial charge in [-0.15, -0.1) is 0 Å². The molecule has 0 saturated carbocycles. The number of aliphatic hydroxyl groups is 2. The van der Waals surface area contributed by atoms with Gasteiger partial charge in [-0.2, -0.15) is 0 Å². The third kappa shape index (κ3) is 2.00. The van der Waals surface area contributed by atoms with Gasteiger partial charge in [-0.1, -0.05) is 0 Å². The Kier molecular flexibility index (Phi) is 2.80. The number of rotatable bonds is 2. The summed E-state index contributed by atoms with van der Waals surface area (Å²) in [7, 11) is 0. The van der Waals surface area contributed by atoms with Crippen molar-refractivity contribution in [3.63, 3.8) is 0 Å². The Morgan fingerprint density at radius 1 is 0.846 bits per heavy atom. The SMILES string of the molecule is O[C@@H]1COC[C@H]1O[C@@H]1COC[C@@H]1O. The molecule has 2 saturated heterocycles. The molecule has 0 amide bonds. The number of ether oxygens (including phenoxy) is 3. The Balaban J connectivity index is 1.82. The zero-order chi connectivity index (χ0) is 9.26. The van der Waals surface area contributed by atoms with E-state index in [1.807, 2.05) is 0 Å². The van der Waals surface area contributed by atoms with E-state index in [4.69, 9.17) is 14.2 Å². The van der Waals surface area contributed by atoms with Crippen molar-refractivity contribution in [2.24, 2.45) is 0 Å². The zero-order valence-electron chi connectivity index (χ0n) is 7.26. The summed E-state index contributed by atoms with van der Waals surface area (Å²) in [5.41, 5.74) is 0. The van der Waals surface area contributed by atoms with E-state index in [1.54, 1.807) is 0 Å². The number of hydrogen-bond acceptors (Lipinski definition) is 5. The van der Waals surface area contributed by atoms with Crippen molar-refractivity contribution in [3.8, 4) is 0 Å². The quantitative estimate of drug-likeness (QED) is 0.556. The highest BCUT2D eigenvalue weighted by Crippen LogP contribution is 2.17. The molecule has 0 unspecified atom stereocenters. The molecule has 0 aliphatic carbocycles. The lowest BCUT2D eigenvalue weighted by Gasteiger charge is -2.20. The molecule has 0 aromatic rings. The first kappa shape index (κ1) is 9.36. The van der Waals surface area contributed by atoms with E-state index in [1.165, 1.54) is 0 Å². The molecule has 0 radical (unpaired) electrons. The molecule has 0 spiro atoms. The van der Waals surface area contributed by atoms with Crippen molar-refractivity contribution in [1.29, 1.82) is 0 Å². The summed E-state index contributed by atoms with van der Waals surface area (Å²) in [5.74, 6) is 0. The second-order valence-electron chi connectivity index (χ2n) is 3.42. The van der Waals surface area contributed by atoms with Gasteiger partial charge >= 0.3 is 0 Å². The summed E-state index contributed by atoms with van der Waals surface area (Å²) in [4.78, 5) is 0. The van der Waals surface area contributed by atoms with E-state index in [0.29, 0.717) is 26.4 Å². The summed E-state index contributed by atoms with van der Waals surface area (Å²) in [6.45, 7) is 1.41. The maximum atomic E-state index is 9.36. The lowest BCUT2D eigenvalue weighted by molar-refractivity contribution is -0.0849. The smallest absolute Gasteiger partial charge is 0.110 e. The fourth-order valence-corrected chi connectivity index (χ4v) is 1.53. The van der Waals surface area contributed by atoms with Crippen LogP contribution in [0, 0.1) is 0 Å². The summed E-state index contributed by atoms with van der Waals surface area (Å²) in [5, 5.41) is 18.7. The van der Waals surface area contributed by atoms with E-state index in [9.17, 15) is 10.2 Å². The summed E-state index contributed by atoms with van der Waals surface area (Å²) >= 11 is 0. The second-order valence-corrected chi connectivity index (χ2v) is 3.42. The van der Waals surface area contributed by atoms with Crippen molar-refractivity contribution >= 4 is 0 Å². The second kappa shape index (κ2) is 3.89. The van der Waals surface area contributed by atoms with Crippen LogP contribution in [-0.4, -0.2) is 61.1 Å². The molecular weight excluding hydrogens is 176 g/mol. The highest BCUT2D eigenvalue weighted by molar-refractivity contribution is 4.81. The third-order valence-electron chi connectivity index (χ3n) is 2.35. The molecule has 13 heavy (non-hydrogen) atoms. The number of aliphatic hydroxyl groups excluding tert-OH is 2. The van der Waals surface area contributed by atoms with Crippen molar-refractivity contribution in [1.82, 2.24) is 0 Å². The predicted octanol–water partition coefficient (Wildman–Crippen LogP) is -1.48. The molecule has 2 fully saturated rings. The van der Waals surface area contributed by atoms with Crippen LogP contribution in [-0.2, 0) is 14.2 Å². The van der Waals surface area contributed by atoms with Crippen LogP contribution in [0.15, 0.2) is 0 Å². The highest BCUT2D eigenvalue weighted by Gasteiger charge is 2.34. The Morgan fingerprint density at radius 3 is 1.62 bits per heavy atom. The Morgan fingerprint density at radius 2 is 1.31 bits per heavy atom. The van der Waals surface area contributed by atoms with Crippen molar-refractivity contribution in [2.75, 3.05) is 26.4 Å². The molecule has 2 aliphatic heterocycles. The minimum Gasteiger partial charge on any atom is -0.388 e. The van der Waals surface area contributed by atoms with Crippen LogP contribution in [0.4, 0.5) is 0 Å². The van der Waals surface area contributed by atoms with Crippen molar-refractivity contribution in [2.45, 2.75) is 24.4 Å². The summed E-state index contributed by atoms with van der Waals surface area (Å²) < 4.78 is 15.5. The average molecular weight is 190 g/mol. The molecule has 5 heteroatoms. The lowest BCUT2D eigenvalue weighted by Crippen LogP contribution is -2.36. The zero-order valence-corrected chi connectivity index (χ0v) is 7.26. The molecule has 0 bridgehead atoms. The first-order valence-electron chi connectivity index (χ1n) is 4.44. The molecule has 2 N–H and O–H groups in total. The molecular formula is C8H14O5. The van der Waals surface area contributed by atoms with Crippen LogP contribution < -0.4 is 0 Å². The monoisotopic (exact) mass is 190 g/mol. The van der Waals surface area contributed by atoms with Crippen LogP contribution in [0.2, 0.25) is 0 Å². The maximum absolute atomic E-state index is 9.36. The molecule has 4 atom stereocenters. The summed E-state index contributed by atoms with van der Waals surface area (Å²) in [6.07, 6.45) is -1.79. The first-order valence-corrected chi connectivity index (χ1v) is 4.44. The van der Waals surface area contributed by atoms with Gasteiger partial charge in [0.2, 0.25) is 0 Å². The molecule has 0 aromatic carbocycles. The highest BCUT2D eigenvalue weighted by atomic mass is 16.6. The molecule has 2 aliphatic rings. The van der Waals surface area contributed by atoms with E-state index >= 15 is 0 Å². The minimum atomic E-state index is -0.576. The average Bonchev–Trinajstić information content (AvgIpc) is 2.65. The minimum absolute atomic E-state index is 0.314. The van der Waals surface area contributed by atoms with Gasteiger partial charge in [0.1, 0.15) is 24.4 Å². The van der Waals surface area contributed by atoms with Gasteiger partial charge in [0, 0.05) is 0 Å². The van der Waals surface area contributed by atoms with E-state index in [0.717, 1.165) is 0 Å². The predicted molar refractivity (Wildman–Crippen MR) is 42.3 cm³/mol. The van der Waals surface area contributed by atoms with Crippen molar-refractivity contribution < 1.29 is 24.4 Å². The molecule has 76 valence electrons. The first-order chi connectivity index (χ1) is 6.27. The van der Waals surface area contributed by atoms with Gasteiger partial charge < -0.3 is 24.4 Å². The largest absolute Gasteiger partial charge is 0.388 e. The lowest BCUT2D eigenvalue weighted by atomic mass is 10.2. The van der Waals surface area contributed by atoms with Crippen LogP contribution >= 0.6 is 0 Å². The topological polar surface area (TPSA) is 68.2 Å². The molecule has 0 aromatic heterocycles. The standard InChI is InChI=1S/C8H14O5/c9-5-1-11-3-7(5)13-8-4-12-2-6(8)10/h5-10H,1-4H2/t5-,6+,7-,8-/m1/s1. The Bertz CT molecular complexity index is 156. The molecule has 2 heterocycles.